The van der Waals surface area contributed by atoms with Crippen LogP contribution in [0.2, 0.25) is 0 Å². The Morgan fingerprint density at radius 2 is 1.70 bits per heavy atom. The molecule has 11 nitrogen and oxygen atoms in total. The van der Waals surface area contributed by atoms with Gasteiger partial charge in [-0.25, -0.2) is 14.0 Å². The number of carbonyl (C=O) groups excluding carboxylic acids is 1. The van der Waals surface area contributed by atoms with E-state index in [0.717, 1.165) is 0 Å². The molecule has 2 aromatic rings. The molecule has 1 atom stereocenters. The Bertz CT molecular complexity index is 1470. The lowest BCUT2D eigenvalue weighted by atomic mass is 9.84. The Morgan fingerprint density at radius 3 is 2.19 bits per heavy atom. The highest BCUT2D eigenvalue weighted by molar-refractivity contribution is 6.06. The minimum Gasteiger partial charge on any atom is -0.493 e. The molecule has 234 valence electrons. The quantitative estimate of drug-likeness (QED) is 0.321. The van der Waals surface area contributed by atoms with Gasteiger partial charge in [0.25, 0.3) is 0 Å². The number of Topliss-reactive ketones (excluding diaryl/α,β-unsaturated/α-hetero) is 1. The Kier molecular flexibility index (Phi) is 9.17. The number of hydrogen-bond donors (Lipinski definition) is 3. The van der Waals surface area contributed by atoms with Crippen LogP contribution in [-0.4, -0.2) is 85.3 Å². The predicted octanol–water partition coefficient (Wildman–Crippen LogP) is 4.08. The van der Waals surface area contributed by atoms with Crippen molar-refractivity contribution in [3.8, 4) is 17.2 Å². The normalized spacial score (nSPS) is 16.0. The van der Waals surface area contributed by atoms with Gasteiger partial charge in [-0.05, 0) is 29.2 Å². The number of benzene rings is 2. The smallest absolute Gasteiger partial charge is 0.490 e. The molecule has 0 saturated carbocycles. The Balaban J connectivity index is 0.000000646. The highest BCUT2D eigenvalue weighted by Crippen LogP contribution is 2.43. The largest absolute Gasteiger partial charge is 0.493 e. The van der Waals surface area contributed by atoms with Gasteiger partial charge in [-0.1, -0.05) is 20.8 Å². The molecule has 2 aliphatic heterocycles. The van der Waals surface area contributed by atoms with Gasteiger partial charge in [0.05, 0.1) is 38.6 Å². The molecule has 0 amide bonds. The van der Waals surface area contributed by atoms with E-state index >= 15 is 4.39 Å². The van der Waals surface area contributed by atoms with E-state index in [1.54, 1.807) is 30.1 Å². The summed E-state index contributed by atoms with van der Waals surface area (Å²) in [5.74, 6) is -4.27. The van der Waals surface area contributed by atoms with Crippen LogP contribution in [0.5, 0.6) is 17.2 Å². The molecular weight excluding hydrogens is 582 g/mol. The van der Waals surface area contributed by atoms with Gasteiger partial charge in [0.2, 0.25) is 6.10 Å². The first-order valence-electron chi connectivity index (χ1n) is 12.7. The van der Waals surface area contributed by atoms with Gasteiger partial charge < -0.3 is 34.2 Å². The average molecular weight is 614 g/mol. The van der Waals surface area contributed by atoms with Crippen molar-refractivity contribution < 1.29 is 56.4 Å². The first-order valence-corrected chi connectivity index (χ1v) is 12.7. The number of aliphatic carboxylic acids is 2. The van der Waals surface area contributed by atoms with Crippen molar-refractivity contribution in [3.05, 3.63) is 46.3 Å². The first-order chi connectivity index (χ1) is 19.8. The predicted molar refractivity (Wildman–Crippen MR) is 145 cm³/mol. The number of alkyl halides is 3. The number of amidine groups is 1. The van der Waals surface area contributed by atoms with E-state index in [-0.39, 0.29) is 48.3 Å². The molecule has 43 heavy (non-hydrogen) atoms. The van der Waals surface area contributed by atoms with Gasteiger partial charge in [0, 0.05) is 24.7 Å². The topological polar surface area (TPSA) is 150 Å². The lowest BCUT2D eigenvalue weighted by Gasteiger charge is -2.36. The molecule has 0 aromatic heterocycles. The van der Waals surface area contributed by atoms with Gasteiger partial charge >= 0.3 is 18.1 Å². The van der Waals surface area contributed by atoms with E-state index < -0.39 is 35.5 Å². The number of ketones is 1. The Labute approximate surface area is 244 Å². The summed E-state index contributed by atoms with van der Waals surface area (Å²) >= 11 is 0. The van der Waals surface area contributed by atoms with Crippen molar-refractivity contribution in [2.75, 3.05) is 39.3 Å². The molecular formula is C28H31F4N3O8. The maximum absolute atomic E-state index is 15.1. The van der Waals surface area contributed by atoms with Crippen molar-refractivity contribution in [1.29, 1.82) is 5.41 Å². The highest BCUT2D eigenvalue weighted by atomic mass is 19.4. The summed E-state index contributed by atoms with van der Waals surface area (Å²) in [5.41, 5.74) is 1.94. The molecule has 1 unspecified atom stereocenters. The van der Waals surface area contributed by atoms with Crippen LogP contribution in [0.3, 0.4) is 0 Å². The third-order valence-corrected chi connectivity index (χ3v) is 6.77. The van der Waals surface area contributed by atoms with Crippen LogP contribution in [0.4, 0.5) is 23.2 Å². The fourth-order valence-electron chi connectivity index (χ4n) is 4.62. The fraction of sp³-hybridized carbons (Fsp3) is 0.429. The summed E-state index contributed by atoms with van der Waals surface area (Å²) in [7, 11) is 4.50. The van der Waals surface area contributed by atoms with E-state index in [0.29, 0.717) is 28.1 Å². The zero-order valence-corrected chi connectivity index (χ0v) is 24.2. The van der Waals surface area contributed by atoms with Crippen LogP contribution in [0, 0.1) is 11.2 Å². The number of anilines is 1. The van der Waals surface area contributed by atoms with E-state index in [1.807, 2.05) is 20.8 Å². The number of carbonyl (C=O) groups is 3. The number of carboxylic acid groups (broad SMARTS) is 2. The van der Waals surface area contributed by atoms with Crippen molar-refractivity contribution in [1.82, 2.24) is 4.90 Å². The molecule has 0 bridgehead atoms. The monoisotopic (exact) mass is 613 g/mol. The van der Waals surface area contributed by atoms with Crippen LogP contribution >= 0.6 is 0 Å². The average Bonchev–Trinajstić information content (AvgIpc) is 3.21. The van der Waals surface area contributed by atoms with E-state index in [9.17, 15) is 27.9 Å². The van der Waals surface area contributed by atoms with Gasteiger partial charge in [-0.2, -0.15) is 13.2 Å². The summed E-state index contributed by atoms with van der Waals surface area (Å²) in [6.07, 6.45) is -6.10. The Morgan fingerprint density at radius 1 is 1.09 bits per heavy atom. The maximum Gasteiger partial charge on any atom is 0.490 e. The van der Waals surface area contributed by atoms with Gasteiger partial charge in [0.15, 0.2) is 23.1 Å². The zero-order valence-electron chi connectivity index (χ0n) is 24.2. The zero-order chi connectivity index (χ0) is 32.6. The number of likely N-dealkylation sites (N-methyl/N-ethyl adjacent to an activating group) is 1. The summed E-state index contributed by atoms with van der Waals surface area (Å²) in [6.45, 7) is 6.06. The van der Waals surface area contributed by atoms with Crippen molar-refractivity contribution in [2.24, 2.45) is 0 Å². The first kappa shape index (κ1) is 32.9. The number of rotatable bonds is 6. The SMILES string of the molecule is COc1cc2c(c(F)c1OC)C(=N)N(CC(=O)c1cc3c(c(C(C)(C)C)c1)OC(C(=O)O)CN3C)C2.O=C(O)C(F)(F)F. The minimum atomic E-state index is -5.08. The van der Waals surface area contributed by atoms with Crippen molar-refractivity contribution in [3.63, 3.8) is 0 Å². The summed E-state index contributed by atoms with van der Waals surface area (Å²) in [4.78, 5) is 37.2. The molecule has 0 spiro atoms. The van der Waals surface area contributed by atoms with Crippen molar-refractivity contribution >= 4 is 29.2 Å². The number of halogens is 4. The molecule has 0 fully saturated rings. The number of ether oxygens (including phenoxy) is 3. The summed E-state index contributed by atoms with van der Waals surface area (Å²) in [5, 5.41) is 25.1. The Hall–Kier alpha value is -4.56. The molecule has 4 rings (SSSR count). The number of nitrogens with zero attached hydrogens (tertiary/aromatic N) is 2. The molecule has 3 N–H and O–H groups in total. The second-order valence-corrected chi connectivity index (χ2v) is 10.8. The molecule has 2 heterocycles. The number of hydrogen-bond acceptors (Lipinski definition) is 8. The second-order valence-electron chi connectivity index (χ2n) is 10.8. The number of methoxy groups -OCH3 is 2. The number of fused-ring (bicyclic) bond motifs is 2. The van der Waals surface area contributed by atoms with E-state index in [4.69, 9.17) is 29.5 Å². The van der Waals surface area contributed by atoms with Gasteiger partial charge in [-0.15, -0.1) is 0 Å². The lowest BCUT2D eigenvalue weighted by Crippen LogP contribution is -2.43. The molecule has 2 aliphatic rings. The fourth-order valence-corrected chi connectivity index (χ4v) is 4.62. The second kappa shape index (κ2) is 12.0. The number of carboxylic acids is 2. The molecule has 0 aliphatic carbocycles. The van der Waals surface area contributed by atoms with Crippen LogP contribution in [0.15, 0.2) is 18.2 Å². The summed E-state index contributed by atoms with van der Waals surface area (Å²) < 4.78 is 63.0. The van der Waals surface area contributed by atoms with Crippen LogP contribution in [-0.2, 0) is 21.5 Å². The summed E-state index contributed by atoms with van der Waals surface area (Å²) in [6, 6.07) is 5.03. The molecule has 2 aromatic carbocycles. The lowest BCUT2D eigenvalue weighted by molar-refractivity contribution is -0.192. The number of nitrogens with one attached hydrogen (secondary N) is 1. The van der Waals surface area contributed by atoms with Crippen LogP contribution in [0.1, 0.15) is 47.8 Å². The molecule has 0 radical (unpaired) electrons. The highest BCUT2D eigenvalue weighted by Gasteiger charge is 2.38. The molecule has 15 heteroatoms. The van der Waals surface area contributed by atoms with Gasteiger partial charge in [-0.3, -0.25) is 10.2 Å². The standard InChI is InChI=1S/C26H30FN3O6.C2HF3O2/c1-26(2,3)15-7-13(8-16-22(15)36-19(25(32)33)12-29(16)4)17(31)11-30-10-14-9-18(34-5)23(35-6)21(27)20(14)24(30)28;3-2(4,5)1(6)7/h7-9,19,28H,10-12H2,1-6H3,(H,32,33);(H,6,7). The van der Waals surface area contributed by atoms with Gasteiger partial charge in [0.1, 0.15) is 11.6 Å². The minimum absolute atomic E-state index is 0.0821. The molecule has 0 saturated heterocycles. The van der Waals surface area contributed by atoms with Crippen molar-refractivity contribution in [2.45, 2.75) is 45.0 Å². The third-order valence-electron chi connectivity index (χ3n) is 6.77. The van der Waals surface area contributed by atoms with Crippen LogP contribution < -0.4 is 19.1 Å². The van der Waals surface area contributed by atoms with E-state index in [2.05, 4.69) is 0 Å². The third kappa shape index (κ3) is 6.75. The van der Waals surface area contributed by atoms with E-state index in [1.165, 1.54) is 19.1 Å². The van der Waals surface area contributed by atoms with Crippen LogP contribution in [0.25, 0.3) is 0 Å². The maximum atomic E-state index is 15.1.